The van der Waals surface area contributed by atoms with Crippen LogP contribution in [0, 0.1) is 5.92 Å². The first-order valence-electron chi connectivity index (χ1n) is 6.57. The minimum Gasteiger partial charge on any atom is -0.398 e. The van der Waals surface area contributed by atoms with Crippen molar-refractivity contribution in [2.45, 2.75) is 32.2 Å². The summed E-state index contributed by atoms with van der Waals surface area (Å²) >= 11 is 0. The summed E-state index contributed by atoms with van der Waals surface area (Å²) in [5, 5.41) is 0. The highest BCUT2D eigenvalue weighted by Crippen LogP contribution is 2.49. The minimum absolute atomic E-state index is 0.346. The molecular formula is C16H20N2. The van der Waals surface area contributed by atoms with E-state index in [1.165, 1.54) is 22.3 Å². The molecule has 0 aliphatic heterocycles. The first-order chi connectivity index (χ1) is 8.56. The van der Waals surface area contributed by atoms with Crippen molar-refractivity contribution in [3.63, 3.8) is 0 Å². The Bertz CT molecular complexity index is 568. The molecule has 2 nitrogen and oxygen atoms in total. The number of hydrogen-bond donors (Lipinski definition) is 2. The van der Waals surface area contributed by atoms with E-state index in [0.29, 0.717) is 5.92 Å². The molecule has 0 amide bonds. The average molecular weight is 240 g/mol. The Kier molecular flexibility index (Phi) is 2.39. The summed E-state index contributed by atoms with van der Waals surface area (Å²) in [7, 11) is 0. The molecule has 0 radical (unpaired) electrons. The maximum absolute atomic E-state index is 6.76. The first kappa shape index (κ1) is 11.5. The van der Waals surface area contributed by atoms with Crippen LogP contribution in [0.5, 0.6) is 0 Å². The molecule has 3 rings (SSSR count). The van der Waals surface area contributed by atoms with Crippen LogP contribution in [0.1, 0.15) is 31.4 Å². The number of fused-ring (bicyclic) bond motifs is 4. The fraction of sp³-hybridized carbons (Fsp3) is 0.375. The number of hydrogen-bond acceptors (Lipinski definition) is 2. The van der Waals surface area contributed by atoms with Crippen molar-refractivity contribution < 1.29 is 0 Å². The summed E-state index contributed by atoms with van der Waals surface area (Å²) in [4.78, 5) is 0. The first-order valence-corrected chi connectivity index (χ1v) is 6.57. The standard InChI is InChI=1S/C16H20N2/c1-3-13-11-7-10(2)9-16(13,18)14-5-4-6-15(17)12(14)8-11/h3-7,11H,8-9,17-18H2,1-2H3/t11-,16+/m1/s1. The van der Waals surface area contributed by atoms with Crippen LogP contribution in [-0.2, 0) is 12.0 Å². The lowest BCUT2D eigenvalue weighted by Gasteiger charge is -2.46. The molecule has 2 atom stereocenters. The topological polar surface area (TPSA) is 52.0 Å². The summed E-state index contributed by atoms with van der Waals surface area (Å²) < 4.78 is 0. The highest BCUT2D eigenvalue weighted by atomic mass is 14.8. The van der Waals surface area contributed by atoms with Gasteiger partial charge in [0, 0.05) is 11.6 Å². The monoisotopic (exact) mass is 240 g/mol. The van der Waals surface area contributed by atoms with Gasteiger partial charge < -0.3 is 11.5 Å². The summed E-state index contributed by atoms with van der Waals surface area (Å²) in [6.07, 6.45) is 6.44. The highest BCUT2D eigenvalue weighted by molar-refractivity contribution is 5.60. The zero-order valence-electron chi connectivity index (χ0n) is 11.0. The van der Waals surface area contributed by atoms with Crippen LogP contribution >= 0.6 is 0 Å². The van der Waals surface area contributed by atoms with E-state index in [1.807, 2.05) is 12.1 Å². The van der Waals surface area contributed by atoms with Gasteiger partial charge in [0.15, 0.2) is 0 Å². The smallest absolute Gasteiger partial charge is 0.0671 e. The van der Waals surface area contributed by atoms with Crippen LogP contribution in [0.25, 0.3) is 0 Å². The van der Waals surface area contributed by atoms with Gasteiger partial charge in [0.25, 0.3) is 0 Å². The summed E-state index contributed by atoms with van der Waals surface area (Å²) in [5.74, 6) is 0.422. The molecule has 0 spiro atoms. The van der Waals surface area contributed by atoms with E-state index >= 15 is 0 Å². The molecule has 18 heavy (non-hydrogen) atoms. The van der Waals surface area contributed by atoms with Crippen LogP contribution in [-0.4, -0.2) is 0 Å². The Morgan fingerprint density at radius 1 is 1.39 bits per heavy atom. The fourth-order valence-corrected chi connectivity index (χ4v) is 3.73. The molecule has 0 unspecified atom stereocenters. The van der Waals surface area contributed by atoms with Gasteiger partial charge in [-0.3, -0.25) is 0 Å². The van der Waals surface area contributed by atoms with Gasteiger partial charge in [0.2, 0.25) is 0 Å². The number of nitrogens with two attached hydrogens (primary N) is 2. The summed E-state index contributed by atoms with van der Waals surface area (Å²) in [6, 6.07) is 6.14. The van der Waals surface area contributed by atoms with Gasteiger partial charge in [-0.2, -0.15) is 0 Å². The largest absolute Gasteiger partial charge is 0.398 e. The summed E-state index contributed by atoms with van der Waals surface area (Å²) in [5.41, 5.74) is 18.6. The fourth-order valence-electron chi connectivity index (χ4n) is 3.73. The SMILES string of the molecule is CC=C1[C@@H]2C=C(C)C[C@@]1(N)c1cccc(N)c1C2. The van der Waals surface area contributed by atoms with Crippen LogP contribution in [0.3, 0.4) is 0 Å². The Labute approximate surface area is 108 Å². The second-order valence-electron chi connectivity index (χ2n) is 5.59. The van der Waals surface area contributed by atoms with Crippen molar-refractivity contribution in [3.05, 3.63) is 52.6 Å². The zero-order chi connectivity index (χ0) is 12.9. The molecule has 0 saturated heterocycles. The predicted octanol–water partition coefficient (Wildman–Crippen LogP) is 2.89. The van der Waals surface area contributed by atoms with E-state index in [0.717, 1.165) is 18.5 Å². The van der Waals surface area contributed by atoms with E-state index in [4.69, 9.17) is 11.5 Å². The molecule has 1 aromatic carbocycles. The van der Waals surface area contributed by atoms with Gasteiger partial charge in [-0.1, -0.05) is 29.9 Å². The third-order valence-electron chi connectivity index (χ3n) is 4.39. The maximum Gasteiger partial charge on any atom is 0.0671 e. The molecule has 0 aromatic heterocycles. The predicted molar refractivity (Wildman–Crippen MR) is 76.0 cm³/mol. The quantitative estimate of drug-likeness (QED) is 0.541. The van der Waals surface area contributed by atoms with Crippen molar-refractivity contribution >= 4 is 5.69 Å². The van der Waals surface area contributed by atoms with E-state index in [9.17, 15) is 0 Å². The summed E-state index contributed by atoms with van der Waals surface area (Å²) in [6.45, 7) is 4.27. The Morgan fingerprint density at radius 3 is 2.89 bits per heavy atom. The van der Waals surface area contributed by atoms with Gasteiger partial charge in [0.1, 0.15) is 0 Å². The van der Waals surface area contributed by atoms with E-state index in [1.54, 1.807) is 0 Å². The van der Waals surface area contributed by atoms with Crippen molar-refractivity contribution in [1.29, 1.82) is 0 Å². The van der Waals surface area contributed by atoms with Crippen molar-refractivity contribution in [2.24, 2.45) is 11.7 Å². The van der Waals surface area contributed by atoms with Crippen molar-refractivity contribution in [1.82, 2.24) is 0 Å². The van der Waals surface area contributed by atoms with Crippen LogP contribution in [0.15, 0.2) is 41.5 Å². The van der Waals surface area contributed by atoms with Gasteiger partial charge in [0.05, 0.1) is 5.54 Å². The maximum atomic E-state index is 6.76. The van der Waals surface area contributed by atoms with Gasteiger partial charge in [-0.25, -0.2) is 0 Å². The molecule has 0 fully saturated rings. The second kappa shape index (κ2) is 3.72. The molecule has 2 aliphatic rings. The molecular weight excluding hydrogens is 220 g/mol. The normalized spacial score (nSPS) is 32.1. The zero-order valence-corrected chi connectivity index (χ0v) is 11.0. The number of nitrogen functional groups attached to an aromatic ring is 1. The van der Waals surface area contributed by atoms with E-state index in [-0.39, 0.29) is 5.54 Å². The molecule has 2 bridgehead atoms. The molecule has 4 N–H and O–H groups in total. The number of rotatable bonds is 0. The van der Waals surface area contributed by atoms with E-state index < -0.39 is 0 Å². The minimum atomic E-state index is -0.346. The lowest BCUT2D eigenvalue weighted by molar-refractivity contribution is 0.416. The van der Waals surface area contributed by atoms with Crippen LogP contribution in [0.2, 0.25) is 0 Å². The van der Waals surface area contributed by atoms with Crippen molar-refractivity contribution in [2.75, 3.05) is 5.73 Å². The third-order valence-corrected chi connectivity index (χ3v) is 4.39. The van der Waals surface area contributed by atoms with Gasteiger partial charge in [-0.05, 0) is 49.5 Å². The van der Waals surface area contributed by atoms with E-state index in [2.05, 4.69) is 32.1 Å². The third kappa shape index (κ3) is 1.39. The van der Waals surface area contributed by atoms with Crippen LogP contribution in [0.4, 0.5) is 5.69 Å². The molecule has 2 heteroatoms. The highest BCUT2D eigenvalue weighted by Gasteiger charge is 2.43. The van der Waals surface area contributed by atoms with Gasteiger partial charge >= 0.3 is 0 Å². The van der Waals surface area contributed by atoms with Crippen LogP contribution < -0.4 is 11.5 Å². The second-order valence-corrected chi connectivity index (χ2v) is 5.59. The Hall–Kier alpha value is -1.54. The number of benzene rings is 1. The van der Waals surface area contributed by atoms with Crippen molar-refractivity contribution in [3.8, 4) is 0 Å². The molecule has 2 aliphatic carbocycles. The molecule has 0 heterocycles. The molecule has 0 saturated carbocycles. The Balaban J connectivity index is 2.29. The average Bonchev–Trinajstić information content (AvgIpc) is 2.29. The number of allylic oxidation sites excluding steroid dienone is 2. The lowest BCUT2D eigenvalue weighted by atomic mass is 9.62. The Morgan fingerprint density at radius 2 is 2.17 bits per heavy atom. The molecule has 94 valence electrons. The van der Waals surface area contributed by atoms with Gasteiger partial charge in [-0.15, -0.1) is 0 Å². The molecule has 1 aromatic rings. The lowest BCUT2D eigenvalue weighted by Crippen LogP contribution is -2.47. The number of anilines is 1.